The van der Waals surface area contributed by atoms with Gasteiger partial charge in [0.1, 0.15) is 11.9 Å². The molecule has 0 aliphatic carbocycles. The number of nitrogens with one attached hydrogen (secondary N) is 2. The van der Waals surface area contributed by atoms with Crippen molar-refractivity contribution in [1.82, 2.24) is 10.6 Å². The molecule has 2 aromatic rings. The van der Waals surface area contributed by atoms with E-state index in [4.69, 9.17) is 0 Å². The van der Waals surface area contributed by atoms with Crippen molar-refractivity contribution in [2.75, 3.05) is 12.3 Å². The third-order valence-corrected chi connectivity index (χ3v) is 4.86. The minimum atomic E-state index is -0.781. The van der Waals surface area contributed by atoms with E-state index in [2.05, 4.69) is 10.6 Å². The first-order valence-electron chi connectivity index (χ1n) is 8.58. The zero-order valence-electron chi connectivity index (χ0n) is 15.2. The second-order valence-corrected chi connectivity index (χ2v) is 7.12. The van der Waals surface area contributed by atoms with Crippen LogP contribution >= 0.6 is 11.8 Å². The number of carbonyl (C=O) groups excluding carboxylic acids is 2. The highest BCUT2D eigenvalue weighted by atomic mass is 32.2. The van der Waals surface area contributed by atoms with Crippen LogP contribution < -0.4 is 10.6 Å². The lowest BCUT2D eigenvalue weighted by molar-refractivity contribution is -0.384. The van der Waals surface area contributed by atoms with Gasteiger partial charge in [0, 0.05) is 29.1 Å². The Labute approximate surface area is 165 Å². The Hall–Kier alpha value is -2.94. The molecule has 2 amide bonds. The highest BCUT2D eigenvalue weighted by molar-refractivity contribution is 7.99. The third kappa shape index (κ3) is 6.66. The van der Waals surface area contributed by atoms with Crippen LogP contribution in [0.1, 0.15) is 23.7 Å². The van der Waals surface area contributed by atoms with Crippen LogP contribution in [0.2, 0.25) is 0 Å². The molecule has 1 unspecified atom stereocenters. The summed E-state index contributed by atoms with van der Waals surface area (Å²) in [5.41, 5.74) is -0.0760. The molecule has 0 heterocycles. The highest BCUT2D eigenvalue weighted by Crippen LogP contribution is 2.18. The second-order valence-electron chi connectivity index (χ2n) is 5.95. The van der Waals surface area contributed by atoms with Crippen molar-refractivity contribution in [1.29, 1.82) is 0 Å². The molecular formula is C19H20FN3O4S. The van der Waals surface area contributed by atoms with Crippen LogP contribution in [-0.4, -0.2) is 35.1 Å². The molecule has 0 aromatic heterocycles. The molecule has 0 spiro atoms. The fourth-order valence-corrected chi connectivity index (χ4v) is 3.12. The van der Waals surface area contributed by atoms with E-state index >= 15 is 0 Å². The SMILES string of the molecule is CC(NC(=O)c1cccc([N+](=O)[O-])c1)C(=O)NCCCSc1ccc(F)cc1. The van der Waals surface area contributed by atoms with Crippen LogP contribution in [0.5, 0.6) is 0 Å². The van der Waals surface area contributed by atoms with Crippen molar-refractivity contribution in [3.63, 3.8) is 0 Å². The smallest absolute Gasteiger partial charge is 0.270 e. The average molecular weight is 405 g/mol. The molecule has 2 N–H and O–H groups in total. The summed E-state index contributed by atoms with van der Waals surface area (Å²) in [6.45, 7) is 1.97. The summed E-state index contributed by atoms with van der Waals surface area (Å²) in [5, 5.41) is 16.0. The number of halogens is 1. The van der Waals surface area contributed by atoms with Gasteiger partial charge < -0.3 is 10.6 Å². The Balaban J connectivity index is 1.71. The molecule has 148 valence electrons. The number of rotatable bonds is 9. The van der Waals surface area contributed by atoms with E-state index in [0.717, 1.165) is 16.7 Å². The predicted octanol–water partition coefficient (Wildman–Crippen LogP) is 3.15. The van der Waals surface area contributed by atoms with Gasteiger partial charge in [0.15, 0.2) is 0 Å². The Bertz CT molecular complexity index is 845. The molecule has 0 radical (unpaired) electrons. The van der Waals surface area contributed by atoms with Crippen LogP contribution in [0.4, 0.5) is 10.1 Å². The molecule has 0 fully saturated rings. The molecule has 28 heavy (non-hydrogen) atoms. The number of thioether (sulfide) groups is 1. The largest absolute Gasteiger partial charge is 0.354 e. The molecule has 0 aliphatic heterocycles. The normalized spacial score (nSPS) is 11.5. The van der Waals surface area contributed by atoms with Crippen molar-refractivity contribution < 1.29 is 18.9 Å². The van der Waals surface area contributed by atoms with Gasteiger partial charge in [-0.15, -0.1) is 11.8 Å². The van der Waals surface area contributed by atoms with Gasteiger partial charge in [0.2, 0.25) is 5.91 Å². The second kappa shape index (κ2) is 10.4. The van der Waals surface area contributed by atoms with Crippen molar-refractivity contribution in [3.8, 4) is 0 Å². The number of hydrogen-bond donors (Lipinski definition) is 2. The fourth-order valence-electron chi connectivity index (χ4n) is 2.26. The van der Waals surface area contributed by atoms with E-state index in [0.29, 0.717) is 13.0 Å². The Morgan fingerprint density at radius 1 is 1.21 bits per heavy atom. The summed E-state index contributed by atoms with van der Waals surface area (Å²) in [6.07, 6.45) is 0.708. The summed E-state index contributed by atoms with van der Waals surface area (Å²) in [6, 6.07) is 10.7. The van der Waals surface area contributed by atoms with Crippen molar-refractivity contribution >= 4 is 29.3 Å². The van der Waals surface area contributed by atoms with Gasteiger partial charge in [-0.25, -0.2) is 4.39 Å². The molecule has 2 aromatic carbocycles. The van der Waals surface area contributed by atoms with Gasteiger partial charge in [0.05, 0.1) is 4.92 Å². The zero-order valence-corrected chi connectivity index (χ0v) is 16.0. The number of non-ortho nitro benzene ring substituents is 1. The van der Waals surface area contributed by atoms with Crippen molar-refractivity contribution in [2.24, 2.45) is 0 Å². The molecule has 0 saturated carbocycles. The molecule has 2 rings (SSSR count). The number of nitrogens with zero attached hydrogens (tertiary/aromatic N) is 1. The molecule has 0 bridgehead atoms. The van der Waals surface area contributed by atoms with Crippen LogP contribution in [0.25, 0.3) is 0 Å². The van der Waals surface area contributed by atoms with E-state index in [9.17, 15) is 24.1 Å². The number of carbonyl (C=O) groups is 2. The van der Waals surface area contributed by atoms with E-state index < -0.39 is 16.9 Å². The number of amides is 2. The molecule has 7 nitrogen and oxygen atoms in total. The summed E-state index contributed by atoms with van der Waals surface area (Å²) < 4.78 is 12.8. The van der Waals surface area contributed by atoms with Crippen LogP contribution in [0.15, 0.2) is 53.4 Å². The van der Waals surface area contributed by atoms with Crippen molar-refractivity contribution in [3.05, 3.63) is 70.0 Å². The van der Waals surface area contributed by atoms with E-state index in [1.165, 1.54) is 37.3 Å². The lowest BCUT2D eigenvalue weighted by Crippen LogP contribution is -2.45. The first kappa shape index (κ1) is 21.4. The standard InChI is InChI=1S/C19H20FN3O4S/c1-13(22-19(25)14-4-2-5-16(12-14)23(26)27)18(24)21-10-3-11-28-17-8-6-15(20)7-9-17/h2,4-9,12-13H,3,10-11H2,1H3,(H,21,24)(H,22,25). The van der Waals surface area contributed by atoms with Crippen LogP contribution in [-0.2, 0) is 4.79 Å². The van der Waals surface area contributed by atoms with Crippen LogP contribution in [0, 0.1) is 15.9 Å². The minimum absolute atomic E-state index is 0.115. The lowest BCUT2D eigenvalue weighted by Gasteiger charge is -2.14. The minimum Gasteiger partial charge on any atom is -0.354 e. The Morgan fingerprint density at radius 3 is 2.61 bits per heavy atom. The number of nitro benzene ring substituents is 1. The third-order valence-electron chi connectivity index (χ3n) is 3.76. The molecule has 1 atom stereocenters. The summed E-state index contributed by atoms with van der Waals surface area (Å²) in [7, 11) is 0. The van der Waals surface area contributed by atoms with Crippen LogP contribution in [0.3, 0.4) is 0 Å². The van der Waals surface area contributed by atoms with Gasteiger partial charge in [0.25, 0.3) is 11.6 Å². The summed E-state index contributed by atoms with van der Waals surface area (Å²) >= 11 is 1.56. The van der Waals surface area contributed by atoms with E-state index in [-0.39, 0.29) is 23.0 Å². The predicted molar refractivity (Wildman–Crippen MR) is 105 cm³/mol. The topological polar surface area (TPSA) is 101 Å². The molecule has 9 heteroatoms. The molecule has 0 aliphatic rings. The maximum Gasteiger partial charge on any atom is 0.270 e. The van der Waals surface area contributed by atoms with Crippen molar-refractivity contribution in [2.45, 2.75) is 24.3 Å². The monoisotopic (exact) mass is 405 g/mol. The number of hydrogen-bond acceptors (Lipinski definition) is 5. The summed E-state index contributed by atoms with van der Waals surface area (Å²) in [4.78, 5) is 35.4. The number of benzene rings is 2. The first-order chi connectivity index (χ1) is 13.4. The molecule has 0 saturated heterocycles. The lowest BCUT2D eigenvalue weighted by atomic mass is 10.1. The Morgan fingerprint density at radius 2 is 1.93 bits per heavy atom. The van der Waals surface area contributed by atoms with Gasteiger partial charge in [-0.05, 0) is 49.4 Å². The first-order valence-corrected chi connectivity index (χ1v) is 9.57. The van der Waals surface area contributed by atoms with E-state index in [1.54, 1.807) is 23.9 Å². The Kier molecular flexibility index (Phi) is 7.94. The maximum atomic E-state index is 12.8. The zero-order chi connectivity index (χ0) is 20.5. The van der Waals surface area contributed by atoms with Gasteiger partial charge in [-0.2, -0.15) is 0 Å². The van der Waals surface area contributed by atoms with Gasteiger partial charge in [-0.1, -0.05) is 6.07 Å². The summed E-state index contributed by atoms with van der Waals surface area (Å²) in [5.74, 6) is -0.429. The highest BCUT2D eigenvalue weighted by Gasteiger charge is 2.17. The fraction of sp³-hybridized carbons (Fsp3) is 0.263. The van der Waals surface area contributed by atoms with Gasteiger partial charge >= 0.3 is 0 Å². The maximum absolute atomic E-state index is 12.8. The quantitative estimate of drug-likeness (QED) is 0.289. The molecular weight excluding hydrogens is 385 g/mol. The number of nitro groups is 1. The van der Waals surface area contributed by atoms with Gasteiger partial charge in [-0.3, -0.25) is 19.7 Å². The average Bonchev–Trinajstić information content (AvgIpc) is 2.69. The van der Waals surface area contributed by atoms with E-state index in [1.807, 2.05) is 0 Å².